The van der Waals surface area contributed by atoms with E-state index >= 15 is 0 Å². The summed E-state index contributed by atoms with van der Waals surface area (Å²) in [6, 6.07) is 0. The standard InChI is InChI=1S/C7H14O5/c1-2-11-7-6(10)5(9)4(8)3-12-7/h4-10H,2-3H2,1H3/t4-,5+,6+,7?/m0/s1. The first-order valence-corrected chi connectivity index (χ1v) is 3.94. The van der Waals surface area contributed by atoms with Gasteiger partial charge in [0.25, 0.3) is 0 Å². The van der Waals surface area contributed by atoms with Crippen molar-refractivity contribution in [1.29, 1.82) is 0 Å². The zero-order chi connectivity index (χ0) is 9.14. The minimum Gasteiger partial charge on any atom is -0.388 e. The van der Waals surface area contributed by atoms with Crippen molar-refractivity contribution in [2.45, 2.75) is 31.5 Å². The van der Waals surface area contributed by atoms with Crippen LogP contribution >= 0.6 is 0 Å². The van der Waals surface area contributed by atoms with Crippen LogP contribution < -0.4 is 0 Å². The van der Waals surface area contributed by atoms with Gasteiger partial charge in [0.15, 0.2) is 6.29 Å². The van der Waals surface area contributed by atoms with E-state index in [0.29, 0.717) is 6.61 Å². The highest BCUT2D eigenvalue weighted by atomic mass is 16.7. The van der Waals surface area contributed by atoms with Crippen molar-refractivity contribution < 1.29 is 24.8 Å². The van der Waals surface area contributed by atoms with Crippen LogP contribution in [0.15, 0.2) is 0 Å². The Bertz CT molecular complexity index is 140. The third kappa shape index (κ3) is 1.94. The van der Waals surface area contributed by atoms with Crippen molar-refractivity contribution >= 4 is 0 Å². The van der Waals surface area contributed by atoms with Gasteiger partial charge in [-0.15, -0.1) is 0 Å². The maximum absolute atomic E-state index is 9.28. The molecule has 1 aliphatic rings. The van der Waals surface area contributed by atoms with Crippen molar-refractivity contribution in [1.82, 2.24) is 0 Å². The van der Waals surface area contributed by atoms with Gasteiger partial charge in [-0.25, -0.2) is 0 Å². The molecule has 1 unspecified atom stereocenters. The lowest BCUT2D eigenvalue weighted by Gasteiger charge is -2.34. The lowest BCUT2D eigenvalue weighted by atomic mass is 10.1. The third-order valence-corrected chi connectivity index (χ3v) is 1.79. The van der Waals surface area contributed by atoms with E-state index < -0.39 is 24.6 Å². The second-order valence-corrected chi connectivity index (χ2v) is 2.71. The fourth-order valence-corrected chi connectivity index (χ4v) is 1.09. The van der Waals surface area contributed by atoms with Gasteiger partial charge in [0.05, 0.1) is 6.61 Å². The largest absolute Gasteiger partial charge is 0.388 e. The molecule has 72 valence electrons. The molecule has 0 radical (unpaired) electrons. The fourth-order valence-electron chi connectivity index (χ4n) is 1.09. The zero-order valence-corrected chi connectivity index (χ0v) is 6.88. The Morgan fingerprint density at radius 3 is 2.58 bits per heavy atom. The van der Waals surface area contributed by atoms with Crippen LogP contribution in [0, 0.1) is 0 Å². The summed E-state index contributed by atoms with van der Waals surface area (Å²) in [5.41, 5.74) is 0. The van der Waals surface area contributed by atoms with Gasteiger partial charge in [-0.05, 0) is 6.92 Å². The van der Waals surface area contributed by atoms with Gasteiger partial charge in [-0.3, -0.25) is 0 Å². The topological polar surface area (TPSA) is 79.2 Å². The van der Waals surface area contributed by atoms with Crippen LogP contribution in [0.25, 0.3) is 0 Å². The maximum Gasteiger partial charge on any atom is 0.186 e. The summed E-state index contributed by atoms with van der Waals surface area (Å²) in [5, 5.41) is 27.5. The predicted octanol–water partition coefficient (Wildman–Crippen LogP) is -1.54. The lowest BCUT2D eigenvalue weighted by molar-refractivity contribution is -0.268. The molecule has 0 spiro atoms. The molecule has 5 nitrogen and oxygen atoms in total. The summed E-state index contributed by atoms with van der Waals surface area (Å²) in [6.45, 7) is 2.14. The van der Waals surface area contributed by atoms with E-state index in [-0.39, 0.29) is 6.61 Å². The molecule has 5 heteroatoms. The molecule has 1 heterocycles. The number of hydrogen-bond donors (Lipinski definition) is 3. The highest BCUT2D eigenvalue weighted by molar-refractivity contribution is 4.82. The normalized spacial score (nSPS) is 43.0. The summed E-state index contributed by atoms with van der Waals surface area (Å²) in [5.74, 6) is 0. The zero-order valence-electron chi connectivity index (χ0n) is 6.88. The van der Waals surface area contributed by atoms with Crippen LogP contribution in [0.3, 0.4) is 0 Å². The van der Waals surface area contributed by atoms with E-state index in [1.165, 1.54) is 0 Å². The van der Waals surface area contributed by atoms with Gasteiger partial charge in [0, 0.05) is 6.61 Å². The maximum atomic E-state index is 9.28. The number of ether oxygens (including phenoxy) is 2. The fraction of sp³-hybridized carbons (Fsp3) is 1.00. The second kappa shape index (κ2) is 4.15. The Hall–Kier alpha value is -0.200. The van der Waals surface area contributed by atoms with Crippen molar-refractivity contribution in [3.63, 3.8) is 0 Å². The highest BCUT2D eigenvalue weighted by Gasteiger charge is 2.37. The molecule has 4 atom stereocenters. The second-order valence-electron chi connectivity index (χ2n) is 2.71. The molecule has 0 aromatic carbocycles. The third-order valence-electron chi connectivity index (χ3n) is 1.79. The summed E-state index contributed by atoms with van der Waals surface area (Å²) >= 11 is 0. The lowest BCUT2D eigenvalue weighted by Crippen LogP contribution is -2.53. The Morgan fingerprint density at radius 2 is 2.00 bits per heavy atom. The molecule has 0 aliphatic carbocycles. The van der Waals surface area contributed by atoms with Crippen molar-refractivity contribution in [2.75, 3.05) is 13.2 Å². The molecule has 0 aromatic heterocycles. The van der Waals surface area contributed by atoms with E-state index in [4.69, 9.17) is 14.6 Å². The molecule has 1 rings (SSSR count). The highest BCUT2D eigenvalue weighted by Crippen LogP contribution is 2.15. The van der Waals surface area contributed by atoms with Crippen LogP contribution in [-0.2, 0) is 9.47 Å². The molecule has 1 aliphatic heterocycles. The first-order chi connectivity index (χ1) is 5.66. The van der Waals surface area contributed by atoms with Crippen LogP contribution in [-0.4, -0.2) is 53.1 Å². The summed E-state index contributed by atoms with van der Waals surface area (Å²) in [4.78, 5) is 0. The average molecular weight is 178 g/mol. The summed E-state index contributed by atoms with van der Waals surface area (Å²) in [6.07, 6.45) is -4.21. The molecule has 0 aromatic rings. The van der Waals surface area contributed by atoms with Gasteiger partial charge in [0.1, 0.15) is 18.3 Å². The Morgan fingerprint density at radius 1 is 1.33 bits per heavy atom. The van der Waals surface area contributed by atoms with Crippen LogP contribution in [0.4, 0.5) is 0 Å². The van der Waals surface area contributed by atoms with E-state index in [1.54, 1.807) is 6.92 Å². The molecule has 12 heavy (non-hydrogen) atoms. The van der Waals surface area contributed by atoms with E-state index in [0.717, 1.165) is 0 Å². The van der Waals surface area contributed by atoms with Crippen LogP contribution in [0.2, 0.25) is 0 Å². The van der Waals surface area contributed by atoms with Gasteiger partial charge in [0.2, 0.25) is 0 Å². The van der Waals surface area contributed by atoms with E-state index in [1.807, 2.05) is 0 Å². The van der Waals surface area contributed by atoms with Gasteiger partial charge >= 0.3 is 0 Å². The first-order valence-electron chi connectivity index (χ1n) is 3.94. The Balaban J connectivity index is 2.46. The van der Waals surface area contributed by atoms with Gasteiger partial charge in [-0.2, -0.15) is 0 Å². The minimum absolute atomic E-state index is 0.0110. The summed E-state index contributed by atoms with van der Waals surface area (Å²) < 4.78 is 9.90. The first kappa shape index (κ1) is 9.88. The van der Waals surface area contributed by atoms with E-state index in [9.17, 15) is 10.2 Å². The molecule has 1 fully saturated rings. The Labute approximate surface area is 70.5 Å². The number of aliphatic hydroxyl groups excluding tert-OH is 3. The average Bonchev–Trinajstić information content (AvgIpc) is 2.07. The number of rotatable bonds is 2. The van der Waals surface area contributed by atoms with Crippen molar-refractivity contribution in [3.8, 4) is 0 Å². The van der Waals surface area contributed by atoms with Crippen molar-refractivity contribution in [2.24, 2.45) is 0 Å². The number of hydrogen-bond acceptors (Lipinski definition) is 5. The monoisotopic (exact) mass is 178 g/mol. The van der Waals surface area contributed by atoms with E-state index in [2.05, 4.69) is 0 Å². The van der Waals surface area contributed by atoms with Gasteiger partial charge < -0.3 is 24.8 Å². The Kier molecular flexibility index (Phi) is 3.42. The molecule has 1 saturated heterocycles. The van der Waals surface area contributed by atoms with Crippen LogP contribution in [0.5, 0.6) is 0 Å². The predicted molar refractivity (Wildman–Crippen MR) is 39.4 cm³/mol. The molecule has 0 saturated carbocycles. The number of aliphatic hydroxyl groups is 3. The summed E-state index contributed by atoms with van der Waals surface area (Å²) in [7, 11) is 0. The molecular weight excluding hydrogens is 164 g/mol. The molecule has 0 amide bonds. The van der Waals surface area contributed by atoms with Crippen LogP contribution in [0.1, 0.15) is 6.92 Å². The smallest absolute Gasteiger partial charge is 0.186 e. The molecule has 3 N–H and O–H groups in total. The quantitative estimate of drug-likeness (QED) is 0.477. The molecule has 0 bridgehead atoms. The van der Waals surface area contributed by atoms with Gasteiger partial charge in [-0.1, -0.05) is 0 Å². The minimum atomic E-state index is -1.18. The SMILES string of the molecule is CCOC1OC[C@H](O)[C@@H](O)[C@H]1O. The van der Waals surface area contributed by atoms with Crippen molar-refractivity contribution in [3.05, 3.63) is 0 Å². The molecular formula is C7H14O5.